The number of benzene rings is 1. The summed E-state index contributed by atoms with van der Waals surface area (Å²) < 4.78 is 14.9. The number of halogens is 1. The highest BCUT2D eigenvalue weighted by Gasteiger charge is 2.04. The van der Waals surface area contributed by atoms with Crippen LogP contribution < -0.4 is 4.72 Å². The monoisotopic (exact) mass is 261 g/mol. The van der Waals surface area contributed by atoms with Gasteiger partial charge in [0, 0.05) is 16.8 Å². The molecule has 4 heteroatoms. The zero-order valence-electron chi connectivity index (χ0n) is 7.58. The Morgan fingerprint density at radius 2 is 1.92 bits per heavy atom. The van der Waals surface area contributed by atoms with Crippen LogP contribution in [0.3, 0.4) is 0 Å². The Kier molecular flexibility index (Phi) is 4.09. The van der Waals surface area contributed by atoms with Gasteiger partial charge in [-0.2, -0.15) is 0 Å². The van der Waals surface area contributed by atoms with E-state index in [0.29, 0.717) is 0 Å². The van der Waals surface area contributed by atoms with Crippen LogP contribution in [0.5, 0.6) is 0 Å². The summed E-state index contributed by atoms with van der Waals surface area (Å²) in [5.41, 5.74) is 1.14. The van der Waals surface area contributed by atoms with Crippen molar-refractivity contribution < 1.29 is 4.21 Å². The number of nitrogens with one attached hydrogen (secondary N) is 1. The van der Waals surface area contributed by atoms with Crippen molar-refractivity contribution in [1.29, 1.82) is 0 Å². The second kappa shape index (κ2) is 4.88. The third-order valence-electron chi connectivity index (χ3n) is 1.71. The van der Waals surface area contributed by atoms with Gasteiger partial charge in [0.1, 0.15) is 0 Å². The molecule has 0 aliphatic heterocycles. The van der Waals surface area contributed by atoms with E-state index in [9.17, 15) is 4.21 Å². The minimum Gasteiger partial charge on any atom is -0.243 e. The maximum absolute atomic E-state index is 10.9. The standard InChI is InChI=1S/C9H12BrNOS/c1-7(11-13(2)12)8-3-5-9(10)6-4-8/h3-7,11H,1-2H3. The summed E-state index contributed by atoms with van der Waals surface area (Å²) >= 11 is 3.37. The van der Waals surface area contributed by atoms with Gasteiger partial charge in [-0.3, -0.25) is 0 Å². The average molecular weight is 262 g/mol. The summed E-state index contributed by atoms with van der Waals surface area (Å²) in [5, 5.41) is 0. The lowest BCUT2D eigenvalue weighted by Gasteiger charge is -2.11. The molecule has 2 atom stereocenters. The summed E-state index contributed by atoms with van der Waals surface area (Å²) in [6, 6.07) is 8.10. The predicted molar refractivity (Wildman–Crippen MR) is 59.8 cm³/mol. The number of hydrogen-bond acceptors (Lipinski definition) is 1. The molecule has 0 spiro atoms. The molecule has 2 unspecified atom stereocenters. The van der Waals surface area contributed by atoms with Crippen molar-refractivity contribution in [3.63, 3.8) is 0 Å². The second-order valence-electron chi connectivity index (χ2n) is 2.85. The maximum atomic E-state index is 10.9. The molecule has 0 fully saturated rings. The summed E-state index contributed by atoms with van der Waals surface area (Å²) in [5.74, 6) is 0. The van der Waals surface area contributed by atoms with Crippen LogP contribution in [0.2, 0.25) is 0 Å². The molecule has 1 rings (SSSR count). The highest BCUT2D eigenvalue weighted by atomic mass is 79.9. The van der Waals surface area contributed by atoms with Gasteiger partial charge in [0.15, 0.2) is 0 Å². The summed E-state index contributed by atoms with van der Waals surface area (Å²) in [7, 11) is -0.963. The summed E-state index contributed by atoms with van der Waals surface area (Å²) in [6.07, 6.45) is 1.63. The van der Waals surface area contributed by atoms with E-state index in [1.54, 1.807) is 6.26 Å². The van der Waals surface area contributed by atoms with Crippen molar-refractivity contribution in [2.45, 2.75) is 13.0 Å². The molecule has 0 aromatic heterocycles. The Morgan fingerprint density at radius 3 is 2.38 bits per heavy atom. The topological polar surface area (TPSA) is 29.1 Å². The number of rotatable bonds is 3. The highest BCUT2D eigenvalue weighted by Crippen LogP contribution is 2.16. The molecule has 0 amide bonds. The first-order valence-electron chi connectivity index (χ1n) is 3.94. The van der Waals surface area contributed by atoms with Gasteiger partial charge in [-0.25, -0.2) is 8.93 Å². The van der Waals surface area contributed by atoms with Crippen LogP contribution in [-0.2, 0) is 11.0 Å². The van der Waals surface area contributed by atoms with Crippen LogP contribution in [0.4, 0.5) is 0 Å². The molecule has 0 saturated heterocycles. The third-order valence-corrected chi connectivity index (χ3v) is 2.93. The van der Waals surface area contributed by atoms with Gasteiger partial charge in [0.05, 0.1) is 11.0 Å². The number of hydrogen-bond donors (Lipinski definition) is 1. The fourth-order valence-electron chi connectivity index (χ4n) is 1.07. The second-order valence-corrected chi connectivity index (χ2v) is 4.90. The van der Waals surface area contributed by atoms with Crippen LogP contribution in [0.15, 0.2) is 28.7 Å². The Labute approximate surface area is 89.5 Å². The van der Waals surface area contributed by atoms with Gasteiger partial charge in [0.2, 0.25) is 0 Å². The molecule has 2 nitrogen and oxygen atoms in total. The van der Waals surface area contributed by atoms with Crippen molar-refractivity contribution in [3.05, 3.63) is 34.3 Å². The zero-order valence-corrected chi connectivity index (χ0v) is 9.98. The van der Waals surface area contributed by atoms with Crippen molar-refractivity contribution in [2.24, 2.45) is 0 Å². The van der Waals surface area contributed by atoms with E-state index in [1.165, 1.54) is 0 Å². The third kappa shape index (κ3) is 3.58. The van der Waals surface area contributed by atoms with E-state index in [2.05, 4.69) is 20.7 Å². The van der Waals surface area contributed by atoms with E-state index >= 15 is 0 Å². The molecular weight excluding hydrogens is 250 g/mol. The van der Waals surface area contributed by atoms with E-state index in [4.69, 9.17) is 0 Å². The minimum atomic E-state index is -0.963. The first kappa shape index (κ1) is 10.9. The molecule has 0 radical (unpaired) electrons. The molecule has 1 aromatic rings. The molecular formula is C9H12BrNOS. The van der Waals surface area contributed by atoms with Gasteiger partial charge in [-0.1, -0.05) is 28.1 Å². The predicted octanol–water partition coefficient (Wildman–Crippen LogP) is 2.39. The Hall–Kier alpha value is -0.190. The lowest BCUT2D eigenvalue weighted by molar-refractivity contribution is 0.656. The van der Waals surface area contributed by atoms with Crippen molar-refractivity contribution in [1.82, 2.24) is 4.72 Å². The molecule has 0 saturated carbocycles. The van der Waals surface area contributed by atoms with E-state index < -0.39 is 11.0 Å². The van der Waals surface area contributed by atoms with Crippen LogP contribution >= 0.6 is 15.9 Å². The quantitative estimate of drug-likeness (QED) is 0.890. The van der Waals surface area contributed by atoms with Gasteiger partial charge >= 0.3 is 0 Å². The average Bonchev–Trinajstić information content (AvgIpc) is 2.04. The lowest BCUT2D eigenvalue weighted by atomic mass is 10.1. The molecule has 1 N–H and O–H groups in total. The summed E-state index contributed by atoms with van der Waals surface area (Å²) in [6.45, 7) is 1.99. The first-order valence-corrected chi connectivity index (χ1v) is 6.30. The molecule has 13 heavy (non-hydrogen) atoms. The molecule has 0 heterocycles. The fraction of sp³-hybridized carbons (Fsp3) is 0.333. The lowest BCUT2D eigenvalue weighted by Crippen LogP contribution is -2.19. The van der Waals surface area contributed by atoms with Crippen molar-refractivity contribution in [2.75, 3.05) is 6.26 Å². The Morgan fingerprint density at radius 1 is 1.38 bits per heavy atom. The molecule has 72 valence electrons. The molecule has 1 aromatic carbocycles. The van der Waals surface area contributed by atoms with Gasteiger partial charge in [0.25, 0.3) is 0 Å². The Bertz CT molecular complexity index is 299. The highest BCUT2D eigenvalue weighted by molar-refractivity contribution is 9.10. The molecule has 0 aliphatic carbocycles. The Balaban J connectivity index is 2.71. The van der Waals surface area contributed by atoms with Crippen LogP contribution in [0, 0.1) is 0 Å². The first-order chi connectivity index (χ1) is 6.09. The maximum Gasteiger partial charge on any atom is 0.0889 e. The van der Waals surface area contributed by atoms with E-state index in [0.717, 1.165) is 10.0 Å². The van der Waals surface area contributed by atoms with Gasteiger partial charge in [-0.15, -0.1) is 0 Å². The van der Waals surface area contributed by atoms with E-state index in [1.807, 2.05) is 31.2 Å². The molecule has 0 bridgehead atoms. The van der Waals surface area contributed by atoms with Gasteiger partial charge < -0.3 is 0 Å². The SMILES string of the molecule is CC(NS(C)=O)c1ccc(Br)cc1. The smallest absolute Gasteiger partial charge is 0.0889 e. The van der Waals surface area contributed by atoms with Crippen LogP contribution in [0.1, 0.15) is 18.5 Å². The van der Waals surface area contributed by atoms with Crippen molar-refractivity contribution >= 4 is 26.9 Å². The van der Waals surface area contributed by atoms with Crippen LogP contribution in [0.25, 0.3) is 0 Å². The van der Waals surface area contributed by atoms with Crippen LogP contribution in [-0.4, -0.2) is 10.5 Å². The molecule has 0 aliphatic rings. The minimum absolute atomic E-state index is 0.124. The van der Waals surface area contributed by atoms with Crippen molar-refractivity contribution in [3.8, 4) is 0 Å². The fourth-order valence-corrected chi connectivity index (χ4v) is 1.97. The van der Waals surface area contributed by atoms with E-state index in [-0.39, 0.29) is 6.04 Å². The normalized spacial score (nSPS) is 15.3. The largest absolute Gasteiger partial charge is 0.243 e. The zero-order chi connectivity index (χ0) is 9.84. The van der Waals surface area contributed by atoms with Gasteiger partial charge in [-0.05, 0) is 24.6 Å². The summed E-state index contributed by atoms with van der Waals surface area (Å²) in [4.78, 5) is 0.